The molecule has 0 aromatic rings. The summed E-state index contributed by atoms with van der Waals surface area (Å²) in [6, 6.07) is 0.157. The Balaban J connectivity index is 2.34. The highest BCUT2D eigenvalue weighted by Gasteiger charge is 2.23. The molecule has 0 aromatic carbocycles. The quantitative estimate of drug-likeness (QED) is 0.636. The number of hydrogen-bond acceptors (Lipinski definition) is 4. The normalized spacial score (nSPS) is 30.5. The number of likely N-dealkylation sites (tertiary alicyclic amines) is 1. The van der Waals surface area contributed by atoms with E-state index in [1.165, 1.54) is 0 Å². The van der Waals surface area contributed by atoms with Gasteiger partial charge in [-0.15, -0.1) is 0 Å². The molecule has 6 heteroatoms. The van der Waals surface area contributed by atoms with Gasteiger partial charge < -0.3 is 10.6 Å². The highest BCUT2D eigenvalue weighted by molar-refractivity contribution is 7.89. The van der Waals surface area contributed by atoms with Gasteiger partial charge in [0, 0.05) is 19.1 Å². The van der Waals surface area contributed by atoms with Crippen molar-refractivity contribution in [2.45, 2.75) is 19.4 Å². The van der Waals surface area contributed by atoms with Gasteiger partial charge in [-0.2, -0.15) is 0 Å². The number of nitrogens with two attached hydrogens (primary N) is 2. The van der Waals surface area contributed by atoms with Gasteiger partial charge in [-0.25, -0.2) is 13.6 Å². The molecule has 0 aliphatic carbocycles. The molecule has 0 aromatic heterocycles. The van der Waals surface area contributed by atoms with Crippen LogP contribution in [-0.4, -0.2) is 44.7 Å². The van der Waals surface area contributed by atoms with Crippen LogP contribution in [0.4, 0.5) is 0 Å². The minimum Gasteiger partial charge on any atom is -0.326 e. The molecule has 1 heterocycles. The van der Waals surface area contributed by atoms with Crippen molar-refractivity contribution in [3.05, 3.63) is 0 Å². The molecule has 0 amide bonds. The molecular weight excluding hydrogens is 202 g/mol. The van der Waals surface area contributed by atoms with Gasteiger partial charge in [-0.3, -0.25) is 0 Å². The fourth-order valence-electron chi connectivity index (χ4n) is 1.63. The van der Waals surface area contributed by atoms with Crippen LogP contribution in [0.2, 0.25) is 0 Å². The lowest BCUT2D eigenvalue weighted by atomic mass is 9.94. The Morgan fingerprint density at radius 1 is 1.50 bits per heavy atom. The van der Waals surface area contributed by atoms with Gasteiger partial charge in [0.25, 0.3) is 0 Å². The van der Waals surface area contributed by atoms with Gasteiger partial charge in [0.1, 0.15) is 0 Å². The van der Waals surface area contributed by atoms with E-state index in [1.54, 1.807) is 0 Å². The topological polar surface area (TPSA) is 89.4 Å². The molecule has 1 fully saturated rings. The van der Waals surface area contributed by atoms with E-state index in [9.17, 15) is 8.42 Å². The summed E-state index contributed by atoms with van der Waals surface area (Å²) in [4.78, 5) is 2.06. The molecule has 0 bridgehead atoms. The van der Waals surface area contributed by atoms with Crippen LogP contribution in [0.15, 0.2) is 0 Å². The van der Waals surface area contributed by atoms with Crippen molar-refractivity contribution in [3.63, 3.8) is 0 Å². The first kappa shape index (κ1) is 11.9. The summed E-state index contributed by atoms with van der Waals surface area (Å²) in [6.45, 7) is 4.32. The fraction of sp³-hybridized carbons (Fsp3) is 1.00. The van der Waals surface area contributed by atoms with Crippen LogP contribution in [0, 0.1) is 5.92 Å². The molecule has 2 atom stereocenters. The average Bonchev–Trinajstić information content (AvgIpc) is 2.06. The monoisotopic (exact) mass is 221 g/mol. The minimum atomic E-state index is -3.34. The molecule has 1 aliphatic rings. The maximum atomic E-state index is 10.7. The highest BCUT2D eigenvalue weighted by Crippen LogP contribution is 2.14. The van der Waals surface area contributed by atoms with Gasteiger partial charge in [0.2, 0.25) is 10.0 Å². The summed E-state index contributed by atoms with van der Waals surface area (Å²) in [5.74, 6) is 0.550. The molecule has 0 saturated carbocycles. The lowest BCUT2D eigenvalue weighted by Gasteiger charge is -2.34. The van der Waals surface area contributed by atoms with Crippen LogP contribution >= 0.6 is 0 Å². The zero-order valence-corrected chi connectivity index (χ0v) is 9.33. The Kier molecular flexibility index (Phi) is 3.88. The molecule has 2 unspecified atom stereocenters. The summed E-state index contributed by atoms with van der Waals surface area (Å²) in [6.07, 6.45) is 1.03. The molecule has 0 radical (unpaired) electrons. The minimum absolute atomic E-state index is 0.0219. The van der Waals surface area contributed by atoms with Gasteiger partial charge in [0.05, 0.1) is 5.75 Å². The number of rotatable bonds is 3. The number of nitrogens with zero attached hydrogens (tertiary/aromatic N) is 1. The third kappa shape index (κ3) is 3.91. The summed E-state index contributed by atoms with van der Waals surface area (Å²) < 4.78 is 21.5. The second-order valence-electron chi connectivity index (χ2n) is 4.10. The van der Waals surface area contributed by atoms with E-state index in [-0.39, 0.29) is 11.8 Å². The number of hydrogen-bond donors (Lipinski definition) is 2. The Morgan fingerprint density at radius 2 is 2.14 bits per heavy atom. The largest absolute Gasteiger partial charge is 0.326 e. The van der Waals surface area contributed by atoms with Crippen LogP contribution in [0.3, 0.4) is 0 Å². The predicted octanol–water partition coefficient (Wildman–Crippen LogP) is -1.06. The second-order valence-corrected chi connectivity index (χ2v) is 5.83. The SMILES string of the molecule is CC1CCN(CCS(N)(=O)=O)CC1N. The van der Waals surface area contributed by atoms with Crippen LogP contribution in [0.5, 0.6) is 0 Å². The van der Waals surface area contributed by atoms with E-state index < -0.39 is 10.0 Å². The second kappa shape index (κ2) is 4.57. The maximum Gasteiger partial charge on any atom is 0.210 e. The van der Waals surface area contributed by atoms with Crippen LogP contribution < -0.4 is 10.9 Å². The van der Waals surface area contributed by atoms with Crippen LogP contribution in [0.1, 0.15) is 13.3 Å². The molecule has 1 aliphatic heterocycles. The lowest BCUT2D eigenvalue weighted by Crippen LogP contribution is -2.48. The van der Waals surface area contributed by atoms with Gasteiger partial charge in [-0.1, -0.05) is 6.92 Å². The van der Waals surface area contributed by atoms with Crippen molar-refractivity contribution in [1.29, 1.82) is 0 Å². The predicted molar refractivity (Wildman–Crippen MR) is 56.2 cm³/mol. The lowest BCUT2D eigenvalue weighted by molar-refractivity contribution is 0.177. The van der Waals surface area contributed by atoms with Gasteiger partial charge in [0.15, 0.2) is 0 Å². The summed E-state index contributed by atoms with van der Waals surface area (Å²) in [5, 5.41) is 4.93. The molecule has 5 nitrogen and oxygen atoms in total. The van der Waals surface area contributed by atoms with Crippen molar-refractivity contribution in [3.8, 4) is 0 Å². The van der Waals surface area contributed by atoms with Crippen molar-refractivity contribution in [1.82, 2.24) is 4.90 Å². The van der Waals surface area contributed by atoms with E-state index in [0.29, 0.717) is 12.5 Å². The van der Waals surface area contributed by atoms with E-state index in [1.807, 2.05) is 0 Å². The molecule has 1 rings (SSSR count). The standard InChI is InChI=1S/C8H19N3O2S/c1-7-2-3-11(6-8(7)9)4-5-14(10,12)13/h7-8H,2-6,9H2,1H3,(H2,10,12,13). The van der Waals surface area contributed by atoms with E-state index >= 15 is 0 Å². The van der Waals surface area contributed by atoms with Crippen LogP contribution in [0.25, 0.3) is 0 Å². The first-order valence-electron chi connectivity index (χ1n) is 4.87. The summed E-state index contributed by atoms with van der Waals surface area (Å²) in [7, 11) is -3.34. The Bertz CT molecular complexity index is 278. The fourth-order valence-corrected chi connectivity index (χ4v) is 2.14. The van der Waals surface area contributed by atoms with Gasteiger partial charge in [-0.05, 0) is 18.9 Å². The van der Waals surface area contributed by atoms with Crippen molar-refractivity contribution < 1.29 is 8.42 Å². The van der Waals surface area contributed by atoms with Crippen molar-refractivity contribution in [2.75, 3.05) is 25.4 Å². The molecule has 84 valence electrons. The summed E-state index contributed by atoms with van der Waals surface area (Å²) in [5.41, 5.74) is 5.89. The van der Waals surface area contributed by atoms with E-state index in [0.717, 1.165) is 19.5 Å². The van der Waals surface area contributed by atoms with E-state index in [4.69, 9.17) is 10.9 Å². The molecule has 0 spiro atoms. The average molecular weight is 221 g/mol. The highest BCUT2D eigenvalue weighted by atomic mass is 32.2. The first-order chi connectivity index (χ1) is 6.38. The Hall–Kier alpha value is -0.170. The third-order valence-corrected chi connectivity index (χ3v) is 3.54. The van der Waals surface area contributed by atoms with Gasteiger partial charge >= 0.3 is 0 Å². The molecule has 1 saturated heterocycles. The van der Waals surface area contributed by atoms with E-state index in [2.05, 4.69) is 11.8 Å². The number of primary sulfonamides is 1. The third-order valence-electron chi connectivity index (χ3n) is 2.79. The maximum absolute atomic E-state index is 10.7. The summed E-state index contributed by atoms with van der Waals surface area (Å²) >= 11 is 0. The first-order valence-corrected chi connectivity index (χ1v) is 6.58. The smallest absolute Gasteiger partial charge is 0.210 e. The molecule has 14 heavy (non-hydrogen) atoms. The zero-order valence-electron chi connectivity index (χ0n) is 8.52. The van der Waals surface area contributed by atoms with Crippen molar-refractivity contribution >= 4 is 10.0 Å². The zero-order chi connectivity index (χ0) is 10.8. The number of sulfonamides is 1. The van der Waals surface area contributed by atoms with Crippen molar-refractivity contribution in [2.24, 2.45) is 16.8 Å². The molecule has 4 N–H and O–H groups in total. The number of piperidine rings is 1. The Labute approximate surface area is 85.5 Å². The Morgan fingerprint density at radius 3 is 2.64 bits per heavy atom. The molecular formula is C8H19N3O2S. The van der Waals surface area contributed by atoms with Crippen LogP contribution in [-0.2, 0) is 10.0 Å².